The summed E-state index contributed by atoms with van der Waals surface area (Å²) in [6, 6.07) is 2.14. The molecule has 1 aromatic heterocycles. The van der Waals surface area contributed by atoms with Crippen LogP contribution in [0.1, 0.15) is 39.7 Å². The molecule has 3 rings (SSSR count). The molecule has 0 amide bonds. The summed E-state index contributed by atoms with van der Waals surface area (Å²) in [6.45, 7) is 12.6. The summed E-state index contributed by atoms with van der Waals surface area (Å²) in [5, 5.41) is 0. The number of pyridine rings is 1. The van der Waals surface area contributed by atoms with E-state index in [1.807, 2.05) is 6.20 Å². The highest BCUT2D eigenvalue weighted by Gasteiger charge is 2.52. The Balaban J connectivity index is 1.85. The predicted molar refractivity (Wildman–Crippen MR) is 81.5 cm³/mol. The van der Waals surface area contributed by atoms with Crippen LogP contribution in [0, 0.1) is 6.92 Å². The minimum absolute atomic E-state index is 0.305. The highest BCUT2D eigenvalue weighted by molar-refractivity contribution is 6.62. The number of hydrogen-bond donors (Lipinski definition) is 0. The maximum atomic E-state index is 6.10. The first kappa shape index (κ1) is 13.9. The molecule has 2 saturated heterocycles. The summed E-state index contributed by atoms with van der Waals surface area (Å²) in [5.41, 5.74) is 1.61. The Kier molecular flexibility index (Phi) is 3.10. The lowest BCUT2D eigenvalue weighted by Gasteiger charge is -2.32. The van der Waals surface area contributed by atoms with E-state index in [1.54, 1.807) is 0 Å². The van der Waals surface area contributed by atoms with Gasteiger partial charge in [-0.3, -0.25) is 0 Å². The zero-order valence-electron chi connectivity index (χ0n) is 13.1. The fourth-order valence-electron chi connectivity index (χ4n) is 2.49. The van der Waals surface area contributed by atoms with E-state index < -0.39 is 0 Å². The van der Waals surface area contributed by atoms with E-state index in [4.69, 9.17) is 9.31 Å². The van der Waals surface area contributed by atoms with Crippen molar-refractivity contribution in [2.75, 3.05) is 18.0 Å². The molecule has 2 aliphatic heterocycles. The Labute approximate surface area is 121 Å². The van der Waals surface area contributed by atoms with Crippen molar-refractivity contribution in [2.24, 2.45) is 0 Å². The molecule has 1 aromatic rings. The molecular weight excluding hydrogens is 251 g/mol. The second-order valence-electron chi connectivity index (χ2n) is 6.83. The van der Waals surface area contributed by atoms with Gasteiger partial charge in [-0.2, -0.15) is 0 Å². The molecule has 2 aliphatic rings. The third-order valence-electron chi connectivity index (χ3n) is 4.82. The van der Waals surface area contributed by atoms with Crippen LogP contribution in [0.4, 0.5) is 5.82 Å². The van der Waals surface area contributed by atoms with Gasteiger partial charge in [0.1, 0.15) is 5.82 Å². The van der Waals surface area contributed by atoms with Gasteiger partial charge in [0, 0.05) is 24.7 Å². The van der Waals surface area contributed by atoms with Crippen LogP contribution in [-0.2, 0) is 9.31 Å². The van der Waals surface area contributed by atoms with Crippen LogP contribution in [0.2, 0.25) is 0 Å². The highest BCUT2D eigenvalue weighted by Crippen LogP contribution is 2.36. The monoisotopic (exact) mass is 274 g/mol. The predicted octanol–water partition coefficient (Wildman–Crippen LogP) is 1.90. The number of anilines is 1. The topological polar surface area (TPSA) is 34.6 Å². The van der Waals surface area contributed by atoms with Crippen LogP contribution in [0.15, 0.2) is 12.3 Å². The van der Waals surface area contributed by atoms with E-state index in [2.05, 4.69) is 50.6 Å². The van der Waals surface area contributed by atoms with Crippen molar-refractivity contribution in [1.29, 1.82) is 0 Å². The molecule has 0 saturated carbocycles. The normalized spacial score (nSPS) is 23.9. The minimum Gasteiger partial charge on any atom is -0.399 e. The fraction of sp³-hybridized carbons (Fsp3) is 0.667. The van der Waals surface area contributed by atoms with Crippen molar-refractivity contribution in [3.05, 3.63) is 17.8 Å². The first-order chi connectivity index (χ1) is 9.30. The second kappa shape index (κ2) is 4.47. The van der Waals surface area contributed by atoms with Crippen molar-refractivity contribution in [3.63, 3.8) is 0 Å². The average Bonchev–Trinajstić information content (AvgIpc) is 2.45. The smallest absolute Gasteiger partial charge is 0.399 e. The van der Waals surface area contributed by atoms with Crippen LogP contribution >= 0.6 is 0 Å². The number of hydrogen-bond acceptors (Lipinski definition) is 4. The molecule has 3 heterocycles. The molecule has 20 heavy (non-hydrogen) atoms. The summed E-state index contributed by atoms with van der Waals surface area (Å²) in [7, 11) is -0.321. The second-order valence-corrected chi connectivity index (χ2v) is 6.83. The van der Waals surface area contributed by atoms with E-state index in [-0.39, 0.29) is 18.3 Å². The number of rotatable bonds is 2. The molecule has 0 N–H and O–H groups in total. The summed E-state index contributed by atoms with van der Waals surface area (Å²) in [6.07, 6.45) is 3.17. The van der Waals surface area contributed by atoms with Crippen molar-refractivity contribution in [1.82, 2.24) is 4.98 Å². The third-order valence-corrected chi connectivity index (χ3v) is 4.82. The number of aryl methyl sites for hydroxylation is 1. The standard InChI is InChI=1S/C15H23BN2O2/c1-11-9-13(18-7-6-8-18)17-10-12(11)16-19-14(2,3)15(4,5)20-16/h9-10H,6-8H2,1-5H3. The van der Waals surface area contributed by atoms with E-state index >= 15 is 0 Å². The van der Waals surface area contributed by atoms with Gasteiger partial charge in [-0.1, -0.05) is 0 Å². The molecule has 5 heteroatoms. The van der Waals surface area contributed by atoms with Gasteiger partial charge >= 0.3 is 7.12 Å². The van der Waals surface area contributed by atoms with Crippen LogP contribution < -0.4 is 10.4 Å². The van der Waals surface area contributed by atoms with E-state index in [0.717, 1.165) is 24.4 Å². The third kappa shape index (κ3) is 2.13. The first-order valence-corrected chi connectivity index (χ1v) is 7.37. The molecule has 4 nitrogen and oxygen atoms in total. The molecule has 108 valence electrons. The molecule has 2 fully saturated rings. The van der Waals surface area contributed by atoms with Crippen LogP contribution in [0.3, 0.4) is 0 Å². The van der Waals surface area contributed by atoms with Gasteiger partial charge in [0.05, 0.1) is 11.2 Å². The molecule has 0 aliphatic carbocycles. The summed E-state index contributed by atoms with van der Waals surface area (Å²) < 4.78 is 12.2. The van der Waals surface area contributed by atoms with E-state index in [1.165, 1.54) is 12.0 Å². The van der Waals surface area contributed by atoms with Gasteiger partial charge in [-0.25, -0.2) is 4.98 Å². The van der Waals surface area contributed by atoms with Crippen molar-refractivity contribution >= 4 is 18.4 Å². The van der Waals surface area contributed by atoms with Gasteiger partial charge in [-0.15, -0.1) is 0 Å². The Morgan fingerprint density at radius 3 is 2.20 bits per heavy atom. The first-order valence-electron chi connectivity index (χ1n) is 7.37. The van der Waals surface area contributed by atoms with Crippen LogP contribution in [0.25, 0.3) is 0 Å². The van der Waals surface area contributed by atoms with E-state index in [0.29, 0.717) is 0 Å². The molecular formula is C15H23BN2O2. The summed E-state index contributed by atoms with van der Waals surface area (Å²) in [4.78, 5) is 6.86. The molecule has 0 radical (unpaired) electrons. The van der Waals surface area contributed by atoms with Crippen LogP contribution in [0.5, 0.6) is 0 Å². The maximum absolute atomic E-state index is 6.10. The Bertz CT molecular complexity index is 511. The van der Waals surface area contributed by atoms with Crippen molar-refractivity contribution < 1.29 is 9.31 Å². The van der Waals surface area contributed by atoms with Crippen LogP contribution in [-0.4, -0.2) is 36.4 Å². The van der Waals surface area contributed by atoms with Gasteiger partial charge in [0.25, 0.3) is 0 Å². The largest absolute Gasteiger partial charge is 0.496 e. The Morgan fingerprint density at radius 1 is 1.15 bits per heavy atom. The lowest BCUT2D eigenvalue weighted by molar-refractivity contribution is 0.00578. The molecule has 0 aromatic carbocycles. The van der Waals surface area contributed by atoms with Crippen molar-refractivity contribution in [3.8, 4) is 0 Å². The SMILES string of the molecule is Cc1cc(N2CCC2)ncc1B1OC(C)(C)C(C)(C)O1. The van der Waals surface area contributed by atoms with Gasteiger partial charge in [0.15, 0.2) is 0 Å². The highest BCUT2D eigenvalue weighted by atomic mass is 16.7. The Hall–Kier alpha value is -1.07. The lowest BCUT2D eigenvalue weighted by atomic mass is 9.77. The van der Waals surface area contributed by atoms with Crippen molar-refractivity contribution in [2.45, 2.75) is 52.2 Å². The molecule has 0 atom stereocenters. The lowest BCUT2D eigenvalue weighted by Crippen LogP contribution is -2.41. The molecule has 0 bridgehead atoms. The average molecular weight is 274 g/mol. The number of nitrogens with zero attached hydrogens (tertiary/aromatic N) is 2. The van der Waals surface area contributed by atoms with Gasteiger partial charge in [0.2, 0.25) is 0 Å². The fourth-order valence-corrected chi connectivity index (χ4v) is 2.49. The zero-order chi connectivity index (χ0) is 14.5. The number of aromatic nitrogens is 1. The zero-order valence-corrected chi connectivity index (χ0v) is 13.1. The van der Waals surface area contributed by atoms with Gasteiger partial charge < -0.3 is 14.2 Å². The molecule has 0 unspecified atom stereocenters. The quantitative estimate of drug-likeness (QED) is 0.771. The summed E-state index contributed by atoms with van der Waals surface area (Å²) >= 11 is 0. The van der Waals surface area contributed by atoms with E-state index in [9.17, 15) is 0 Å². The Morgan fingerprint density at radius 2 is 1.75 bits per heavy atom. The minimum atomic E-state index is -0.321. The maximum Gasteiger partial charge on any atom is 0.496 e. The van der Waals surface area contributed by atoms with Gasteiger partial charge in [-0.05, 0) is 52.7 Å². The molecule has 0 spiro atoms. The summed E-state index contributed by atoms with van der Waals surface area (Å²) in [5.74, 6) is 1.06.